The molecule has 34 heavy (non-hydrogen) atoms. The van der Waals surface area contributed by atoms with Gasteiger partial charge in [0.1, 0.15) is 5.82 Å². The third-order valence-electron chi connectivity index (χ3n) is 5.11. The summed E-state index contributed by atoms with van der Waals surface area (Å²) in [5, 5.41) is 12.9. The Morgan fingerprint density at radius 3 is 2.35 bits per heavy atom. The van der Waals surface area contributed by atoms with E-state index in [1.54, 1.807) is 18.0 Å². The summed E-state index contributed by atoms with van der Waals surface area (Å²) in [6.45, 7) is 9.35. The zero-order valence-corrected chi connectivity index (χ0v) is 20.8. The van der Waals surface area contributed by atoms with E-state index in [-0.39, 0.29) is 11.9 Å². The number of nitrogens with zero attached hydrogens (tertiary/aromatic N) is 4. The zero-order chi connectivity index (χ0) is 24.1. The number of hydrogen-bond donors (Lipinski definition) is 2. The summed E-state index contributed by atoms with van der Waals surface area (Å²) in [5.74, 6) is 0.681. The summed E-state index contributed by atoms with van der Waals surface area (Å²) in [6.07, 6.45) is 1.79. The van der Waals surface area contributed by atoms with Gasteiger partial charge < -0.3 is 10.6 Å². The lowest BCUT2D eigenvalue weighted by molar-refractivity contribution is 0.0952. The molecular formula is C26H30N6OS. The Balaban J connectivity index is 1.44. The van der Waals surface area contributed by atoms with Gasteiger partial charge in [-0.2, -0.15) is 5.10 Å². The van der Waals surface area contributed by atoms with Crippen molar-refractivity contribution in [3.05, 3.63) is 66.4 Å². The lowest BCUT2D eigenvalue weighted by atomic mass is 10.0. The largest absolute Gasteiger partial charge is 0.367 e. The van der Waals surface area contributed by atoms with Crippen molar-refractivity contribution in [3.63, 3.8) is 0 Å². The number of hydrogen-bond acceptors (Lipinski definition) is 6. The van der Waals surface area contributed by atoms with Gasteiger partial charge in [-0.15, -0.1) is 0 Å². The van der Waals surface area contributed by atoms with E-state index in [0.717, 1.165) is 33.1 Å². The van der Waals surface area contributed by atoms with Crippen LogP contribution in [-0.2, 0) is 6.54 Å². The van der Waals surface area contributed by atoms with Gasteiger partial charge in [-0.05, 0) is 37.1 Å². The molecule has 0 spiro atoms. The quantitative estimate of drug-likeness (QED) is 0.255. The van der Waals surface area contributed by atoms with Crippen LogP contribution in [0.25, 0.3) is 22.2 Å². The van der Waals surface area contributed by atoms with Crippen molar-refractivity contribution in [2.24, 2.45) is 0 Å². The van der Waals surface area contributed by atoms with Crippen LogP contribution in [0.3, 0.4) is 0 Å². The minimum atomic E-state index is -0.107. The molecule has 8 heteroatoms. The van der Waals surface area contributed by atoms with Crippen LogP contribution in [-0.4, -0.2) is 43.5 Å². The topological polar surface area (TPSA) is 84.7 Å². The maximum Gasteiger partial charge on any atom is 0.251 e. The fraction of sp³-hybridized carbons (Fsp3) is 0.308. The van der Waals surface area contributed by atoms with Crippen molar-refractivity contribution in [1.82, 2.24) is 25.1 Å². The molecule has 0 fully saturated rings. The molecule has 4 aromatic rings. The van der Waals surface area contributed by atoms with Gasteiger partial charge in [0, 0.05) is 23.4 Å². The Kier molecular flexibility index (Phi) is 7.47. The number of anilines is 1. The van der Waals surface area contributed by atoms with E-state index in [1.165, 1.54) is 0 Å². The first-order chi connectivity index (χ1) is 16.4. The van der Waals surface area contributed by atoms with Gasteiger partial charge in [0.25, 0.3) is 5.91 Å². The number of thioether (sulfide) groups is 1. The molecule has 0 aliphatic rings. The maximum absolute atomic E-state index is 12.7. The maximum atomic E-state index is 12.7. The summed E-state index contributed by atoms with van der Waals surface area (Å²) >= 11 is 1.62. The van der Waals surface area contributed by atoms with Crippen molar-refractivity contribution in [1.29, 1.82) is 0 Å². The molecule has 0 atom stereocenters. The second kappa shape index (κ2) is 10.7. The van der Waals surface area contributed by atoms with E-state index in [0.29, 0.717) is 23.9 Å². The number of carbonyl (C=O) groups excluding carboxylic acids is 1. The minimum Gasteiger partial charge on any atom is -0.367 e. The highest BCUT2D eigenvalue weighted by molar-refractivity contribution is 7.99. The normalized spacial score (nSPS) is 11.4. The van der Waals surface area contributed by atoms with Gasteiger partial charge in [-0.1, -0.05) is 68.1 Å². The van der Waals surface area contributed by atoms with Gasteiger partial charge in [0.15, 0.2) is 10.8 Å². The summed E-state index contributed by atoms with van der Waals surface area (Å²) < 4.78 is 1.83. The summed E-state index contributed by atoms with van der Waals surface area (Å²) in [4.78, 5) is 22.1. The lowest BCUT2D eigenvalue weighted by Gasteiger charge is -2.12. The standard InChI is InChI=1S/C26H30N6OS/c1-17(2)29-23-22-16-28-32(24(22)31-26(30-23)34-18(3)4)15-14-27-25(33)21-12-10-20(11-13-21)19-8-6-5-7-9-19/h5-13,16-18H,14-15H2,1-4H3,(H,27,33)(H,29,30,31). The Bertz CT molecular complexity index is 1250. The van der Waals surface area contributed by atoms with Crippen molar-refractivity contribution in [2.75, 3.05) is 11.9 Å². The molecule has 1 amide bonds. The molecule has 2 aromatic carbocycles. The van der Waals surface area contributed by atoms with E-state index in [2.05, 4.69) is 60.5 Å². The van der Waals surface area contributed by atoms with Crippen LogP contribution in [0.15, 0.2) is 66.0 Å². The Morgan fingerprint density at radius 2 is 1.68 bits per heavy atom. The smallest absolute Gasteiger partial charge is 0.251 e. The van der Waals surface area contributed by atoms with E-state index in [4.69, 9.17) is 4.98 Å². The molecule has 2 heterocycles. The molecule has 2 N–H and O–H groups in total. The Labute approximate surface area is 204 Å². The average Bonchev–Trinajstić information content (AvgIpc) is 3.22. The highest BCUT2D eigenvalue weighted by Gasteiger charge is 2.15. The van der Waals surface area contributed by atoms with Gasteiger partial charge in [-0.25, -0.2) is 14.6 Å². The molecule has 0 saturated carbocycles. The van der Waals surface area contributed by atoms with Crippen molar-refractivity contribution >= 4 is 34.5 Å². The average molecular weight is 475 g/mol. The first kappa shape index (κ1) is 23.8. The number of rotatable bonds is 9. The number of fused-ring (bicyclic) bond motifs is 1. The summed E-state index contributed by atoms with van der Waals surface area (Å²) in [6, 6.07) is 18.0. The van der Waals surface area contributed by atoms with Gasteiger partial charge >= 0.3 is 0 Å². The van der Waals surface area contributed by atoms with E-state index < -0.39 is 0 Å². The first-order valence-electron chi connectivity index (χ1n) is 11.5. The lowest BCUT2D eigenvalue weighted by Crippen LogP contribution is -2.27. The Morgan fingerprint density at radius 1 is 0.971 bits per heavy atom. The van der Waals surface area contributed by atoms with E-state index >= 15 is 0 Å². The fourth-order valence-corrected chi connectivity index (χ4v) is 4.27. The predicted octanol–water partition coefficient (Wildman–Crippen LogP) is 5.24. The second-order valence-corrected chi connectivity index (χ2v) is 10.2. The van der Waals surface area contributed by atoms with Crippen molar-refractivity contribution in [2.45, 2.75) is 50.7 Å². The highest BCUT2D eigenvalue weighted by atomic mass is 32.2. The molecule has 7 nitrogen and oxygen atoms in total. The van der Waals surface area contributed by atoms with Gasteiger partial charge in [0.2, 0.25) is 0 Å². The molecule has 0 unspecified atom stereocenters. The number of aromatic nitrogens is 4. The number of amides is 1. The third kappa shape index (κ3) is 5.75. The summed E-state index contributed by atoms with van der Waals surface area (Å²) in [7, 11) is 0. The number of benzene rings is 2. The van der Waals surface area contributed by atoms with Crippen molar-refractivity contribution in [3.8, 4) is 11.1 Å². The fourth-order valence-electron chi connectivity index (χ4n) is 3.57. The molecule has 0 radical (unpaired) electrons. The van der Waals surface area contributed by atoms with Crippen LogP contribution in [0.1, 0.15) is 38.1 Å². The molecule has 2 aromatic heterocycles. The monoisotopic (exact) mass is 474 g/mol. The van der Waals surface area contributed by atoms with Crippen LogP contribution in [0.5, 0.6) is 0 Å². The molecule has 0 saturated heterocycles. The first-order valence-corrected chi connectivity index (χ1v) is 12.4. The van der Waals surface area contributed by atoms with E-state index in [1.807, 2.05) is 47.1 Å². The molecule has 0 aliphatic carbocycles. The van der Waals surface area contributed by atoms with Crippen LogP contribution in [0, 0.1) is 0 Å². The van der Waals surface area contributed by atoms with Crippen LogP contribution < -0.4 is 10.6 Å². The molecule has 0 bridgehead atoms. The highest BCUT2D eigenvalue weighted by Crippen LogP contribution is 2.27. The van der Waals surface area contributed by atoms with Crippen LogP contribution in [0.2, 0.25) is 0 Å². The SMILES string of the molecule is CC(C)Nc1nc(SC(C)C)nc2c1cnn2CCNC(=O)c1ccc(-c2ccccc2)cc1. The third-order valence-corrected chi connectivity index (χ3v) is 5.97. The van der Waals surface area contributed by atoms with Crippen molar-refractivity contribution < 1.29 is 4.79 Å². The van der Waals surface area contributed by atoms with Gasteiger partial charge in [0.05, 0.1) is 18.1 Å². The van der Waals surface area contributed by atoms with Crippen LogP contribution in [0.4, 0.5) is 5.82 Å². The molecule has 4 rings (SSSR count). The zero-order valence-electron chi connectivity index (χ0n) is 19.9. The molecular weight excluding hydrogens is 444 g/mol. The molecule has 0 aliphatic heterocycles. The second-order valence-electron chi connectivity index (χ2n) is 8.62. The number of nitrogens with one attached hydrogen (secondary N) is 2. The number of carbonyl (C=O) groups is 1. The van der Waals surface area contributed by atoms with Gasteiger partial charge in [-0.3, -0.25) is 4.79 Å². The van der Waals surface area contributed by atoms with E-state index in [9.17, 15) is 4.79 Å². The predicted molar refractivity (Wildman–Crippen MR) is 139 cm³/mol. The summed E-state index contributed by atoms with van der Waals surface area (Å²) in [5.41, 5.74) is 3.61. The minimum absolute atomic E-state index is 0.107. The molecule has 176 valence electrons. The Hall–Kier alpha value is -3.39. The van der Waals surface area contributed by atoms with Crippen LogP contribution >= 0.6 is 11.8 Å².